The first-order valence-electron chi connectivity index (χ1n) is 2.89. The molecule has 1 aromatic rings. The minimum atomic E-state index is -2.49. The van der Waals surface area contributed by atoms with Crippen LogP contribution in [0.3, 0.4) is 0 Å². The average molecular weight is 279 g/mol. The largest absolute Gasteiger partial charge is 0.319 e. The Labute approximate surface area is 87.5 Å². The van der Waals surface area contributed by atoms with E-state index in [0.29, 0.717) is 4.88 Å². The van der Waals surface area contributed by atoms with Crippen LogP contribution in [0.2, 0.25) is 0 Å². The molecule has 0 radical (unpaired) electrons. The zero-order valence-corrected chi connectivity index (χ0v) is 9.06. The molecule has 70 valence electrons. The normalized spacial score (nSPS) is 12.8. The second-order valence-electron chi connectivity index (χ2n) is 2.03. The van der Waals surface area contributed by atoms with Crippen molar-refractivity contribution >= 4 is 39.7 Å². The first-order chi connectivity index (χ1) is 5.11. The third-order valence-electron chi connectivity index (χ3n) is 1.19. The van der Waals surface area contributed by atoms with Crippen molar-refractivity contribution in [1.29, 1.82) is 0 Å². The van der Waals surface area contributed by atoms with Gasteiger partial charge in [-0.3, -0.25) is 0 Å². The van der Waals surface area contributed by atoms with Gasteiger partial charge in [0, 0.05) is 14.7 Å². The van der Waals surface area contributed by atoms with Gasteiger partial charge in [0.25, 0.3) is 6.43 Å². The molecule has 1 heterocycles. The minimum absolute atomic E-state index is 0. The standard InChI is InChI=1S/C6H6BrF2NS.ClH/c7-3-1-4(11-2-3)5(10)6(8)9;/h1-2,5-6H,10H2;1H/t5-;/m0./s1. The fourth-order valence-electron chi connectivity index (χ4n) is 0.627. The Kier molecular flexibility index (Phi) is 5.24. The summed E-state index contributed by atoms with van der Waals surface area (Å²) in [7, 11) is 0. The molecule has 2 N–H and O–H groups in total. The van der Waals surface area contributed by atoms with Crippen molar-refractivity contribution in [3.63, 3.8) is 0 Å². The predicted octanol–water partition coefficient (Wildman–Crippen LogP) is 3.20. The number of hydrogen-bond acceptors (Lipinski definition) is 2. The zero-order chi connectivity index (χ0) is 8.43. The van der Waals surface area contributed by atoms with Gasteiger partial charge in [-0.15, -0.1) is 23.7 Å². The summed E-state index contributed by atoms with van der Waals surface area (Å²) in [6, 6.07) is 0.466. The minimum Gasteiger partial charge on any atom is -0.319 e. The number of rotatable bonds is 2. The molecule has 0 aliphatic heterocycles. The first kappa shape index (κ1) is 12.3. The highest BCUT2D eigenvalue weighted by Gasteiger charge is 2.18. The van der Waals surface area contributed by atoms with Crippen molar-refractivity contribution in [1.82, 2.24) is 0 Å². The van der Waals surface area contributed by atoms with E-state index >= 15 is 0 Å². The van der Waals surface area contributed by atoms with Crippen molar-refractivity contribution in [3.05, 3.63) is 20.8 Å². The van der Waals surface area contributed by atoms with Crippen LogP contribution in [0, 0.1) is 0 Å². The van der Waals surface area contributed by atoms with Crippen LogP contribution < -0.4 is 5.73 Å². The van der Waals surface area contributed by atoms with E-state index in [1.165, 1.54) is 11.3 Å². The Morgan fingerprint density at radius 1 is 1.50 bits per heavy atom. The maximum Gasteiger partial charge on any atom is 0.258 e. The zero-order valence-electron chi connectivity index (χ0n) is 5.84. The Morgan fingerprint density at radius 3 is 2.42 bits per heavy atom. The number of hydrogen-bond donors (Lipinski definition) is 1. The van der Waals surface area contributed by atoms with Crippen LogP contribution in [-0.4, -0.2) is 6.43 Å². The van der Waals surface area contributed by atoms with Gasteiger partial charge in [-0.05, 0) is 22.0 Å². The molecule has 0 spiro atoms. The van der Waals surface area contributed by atoms with E-state index in [1.807, 2.05) is 0 Å². The van der Waals surface area contributed by atoms with Gasteiger partial charge in [0.2, 0.25) is 0 Å². The number of thiophene rings is 1. The van der Waals surface area contributed by atoms with E-state index in [9.17, 15) is 8.78 Å². The molecule has 0 saturated heterocycles. The first-order valence-corrected chi connectivity index (χ1v) is 4.56. The number of nitrogens with two attached hydrogens (primary N) is 1. The van der Waals surface area contributed by atoms with Gasteiger partial charge in [0.15, 0.2) is 0 Å². The van der Waals surface area contributed by atoms with Gasteiger partial charge in [-0.2, -0.15) is 0 Å². The topological polar surface area (TPSA) is 26.0 Å². The second-order valence-corrected chi connectivity index (χ2v) is 3.89. The van der Waals surface area contributed by atoms with Gasteiger partial charge in [-0.25, -0.2) is 8.78 Å². The lowest BCUT2D eigenvalue weighted by molar-refractivity contribution is 0.118. The molecule has 1 aromatic heterocycles. The fourth-order valence-corrected chi connectivity index (χ4v) is 2.08. The maximum atomic E-state index is 12.0. The summed E-state index contributed by atoms with van der Waals surface area (Å²) in [6.45, 7) is 0. The highest BCUT2D eigenvalue weighted by molar-refractivity contribution is 9.10. The van der Waals surface area contributed by atoms with Crippen LogP contribution in [0.15, 0.2) is 15.9 Å². The Bertz CT molecular complexity index is 243. The molecule has 0 saturated carbocycles. The SMILES string of the molecule is Cl.N[C@@H](c1cc(Br)cs1)C(F)F. The van der Waals surface area contributed by atoms with Crippen LogP contribution in [0.4, 0.5) is 8.78 Å². The van der Waals surface area contributed by atoms with E-state index in [1.54, 1.807) is 11.4 Å². The molecular weight excluding hydrogens is 271 g/mol. The smallest absolute Gasteiger partial charge is 0.258 e. The van der Waals surface area contributed by atoms with Crippen molar-refractivity contribution in [3.8, 4) is 0 Å². The van der Waals surface area contributed by atoms with Crippen molar-refractivity contribution in [2.45, 2.75) is 12.5 Å². The lowest BCUT2D eigenvalue weighted by atomic mass is 10.3. The van der Waals surface area contributed by atoms with Gasteiger partial charge < -0.3 is 5.73 Å². The lowest BCUT2D eigenvalue weighted by Crippen LogP contribution is -2.17. The molecule has 0 unspecified atom stereocenters. The summed E-state index contributed by atoms with van der Waals surface area (Å²) < 4.78 is 24.8. The van der Waals surface area contributed by atoms with Crippen LogP contribution in [-0.2, 0) is 0 Å². The van der Waals surface area contributed by atoms with Crippen molar-refractivity contribution in [2.75, 3.05) is 0 Å². The number of alkyl halides is 2. The van der Waals surface area contributed by atoms with Crippen LogP contribution >= 0.6 is 39.7 Å². The molecule has 0 aliphatic rings. The van der Waals surface area contributed by atoms with Crippen LogP contribution in [0.1, 0.15) is 10.9 Å². The third-order valence-corrected chi connectivity index (χ3v) is 2.98. The quantitative estimate of drug-likeness (QED) is 0.883. The number of halogens is 4. The van der Waals surface area contributed by atoms with Gasteiger partial charge >= 0.3 is 0 Å². The molecule has 12 heavy (non-hydrogen) atoms. The molecule has 0 aliphatic carbocycles. The molecule has 0 bridgehead atoms. The predicted molar refractivity (Wildman–Crippen MR) is 52.2 cm³/mol. The van der Waals surface area contributed by atoms with Gasteiger partial charge in [0.1, 0.15) is 6.04 Å². The summed E-state index contributed by atoms with van der Waals surface area (Å²) in [5, 5.41) is 1.73. The molecular formula is C6H7BrClF2NS. The summed E-state index contributed by atoms with van der Waals surface area (Å²) in [5.74, 6) is 0. The van der Waals surface area contributed by atoms with Crippen LogP contribution in [0.5, 0.6) is 0 Å². The molecule has 0 aromatic carbocycles. The summed E-state index contributed by atoms with van der Waals surface area (Å²) in [4.78, 5) is 0.506. The highest BCUT2D eigenvalue weighted by Crippen LogP contribution is 2.27. The maximum absolute atomic E-state index is 12.0. The molecule has 1 nitrogen and oxygen atoms in total. The highest BCUT2D eigenvalue weighted by atomic mass is 79.9. The van der Waals surface area contributed by atoms with E-state index < -0.39 is 12.5 Å². The third kappa shape index (κ3) is 2.97. The van der Waals surface area contributed by atoms with E-state index in [4.69, 9.17) is 5.73 Å². The molecule has 6 heteroatoms. The van der Waals surface area contributed by atoms with E-state index in [2.05, 4.69) is 15.9 Å². The van der Waals surface area contributed by atoms with Crippen molar-refractivity contribution in [2.24, 2.45) is 5.73 Å². The fraction of sp³-hybridized carbons (Fsp3) is 0.333. The summed E-state index contributed by atoms with van der Waals surface area (Å²) in [5.41, 5.74) is 5.19. The van der Waals surface area contributed by atoms with Crippen molar-refractivity contribution < 1.29 is 8.78 Å². The summed E-state index contributed by atoms with van der Waals surface area (Å²) in [6.07, 6.45) is -2.49. The monoisotopic (exact) mass is 277 g/mol. The Morgan fingerprint density at radius 2 is 2.08 bits per heavy atom. The molecule has 1 rings (SSSR count). The van der Waals surface area contributed by atoms with Crippen LogP contribution in [0.25, 0.3) is 0 Å². The Balaban J connectivity index is 0.00000121. The van der Waals surface area contributed by atoms with E-state index in [0.717, 1.165) is 4.47 Å². The Hall–Kier alpha value is 0.290. The van der Waals surface area contributed by atoms with Gasteiger partial charge in [-0.1, -0.05) is 0 Å². The molecule has 0 amide bonds. The molecule has 0 fully saturated rings. The van der Waals surface area contributed by atoms with E-state index in [-0.39, 0.29) is 12.4 Å². The summed E-state index contributed by atoms with van der Waals surface area (Å²) >= 11 is 4.39. The lowest BCUT2D eigenvalue weighted by Gasteiger charge is -2.05. The average Bonchev–Trinajstić information content (AvgIpc) is 2.34. The molecule has 1 atom stereocenters. The van der Waals surface area contributed by atoms with Gasteiger partial charge in [0.05, 0.1) is 0 Å². The second kappa shape index (κ2) is 5.11.